The van der Waals surface area contributed by atoms with Crippen LogP contribution in [0.5, 0.6) is 0 Å². The maximum Gasteiger partial charge on any atom is 0.261 e. The summed E-state index contributed by atoms with van der Waals surface area (Å²) < 4.78 is 27.7. The molecule has 6 nitrogen and oxygen atoms in total. The lowest BCUT2D eigenvalue weighted by atomic mass is 10.1. The molecule has 4 aromatic carbocycles. The highest BCUT2D eigenvalue weighted by Crippen LogP contribution is 2.24. The summed E-state index contributed by atoms with van der Waals surface area (Å²) in [6.07, 6.45) is 3.41. The second kappa shape index (κ2) is 8.96. The molecule has 0 aliphatic heterocycles. The minimum Gasteiger partial charge on any atom is -0.339 e. The number of nitrogens with one attached hydrogen (secondary N) is 2. The molecule has 5 aromatic rings. The molecule has 2 N–H and O–H groups in total. The second-order valence-corrected chi connectivity index (χ2v) is 9.65. The molecule has 168 valence electrons. The number of anilines is 3. The average molecular weight is 467 g/mol. The van der Waals surface area contributed by atoms with E-state index in [2.05, 4.69) is 44.3 Å². The number of benzene rings is 4. The van der Waals surface area contributed by atoms with Crippen molar-refractivity contribution in [1.82, 2.24) is 9.97 Å². The van der Waals surface area contributed by atoms with Crippen LogP contribution in [0.25, 0.3) is 22.0 Å². The zero-order valence-corrected chi connectivity index (χ0v) is 19.3. The number of aromatic nitrogens is 2. The van der Waals surface area contributed by atoms with Crippen LogP contribution in [0, 0.1) is 6.92 Å². The number of rotatable bonds is 6. The van der Waals surface area contributed by atoms with Gasteiger partial charge in [-0.3, -0.25) is 9.71 Å². The van der Waals surface area contributed by atoms with Crippen LogP contribution in [0.4, 0.5) is 17.2 Å². The Bertz CT molecular complexity index is 1550. The smallest absolute Gasteiger partial charge is 0.261 e. The van der Waals surface area contributed by atoms with Gasteiger partial charge in [0.1, 0.15) is 5.82 Å². The van der Waals surface area contributed by atoms with Gasteiger partial charge < -0.3 is 5.32 Å². The molecule has 0 radical (unpaired) electrons. The molecule has 1 aromatic heterocycles. The van der Waals surface area contributed by atoms with Crippen LogP contribution in [0.2, 0.25) is 0 Å². The number of hydrogen-bond donors (Lipinski definition) is 2. The summed E-state index contributed by atoms with van der Waals surface area (Å²) in [6, 6.07) is 28.1. The van der Waals surface area contributed by atoms with E-state index < -0.39 is 10.0 Å². The van der Waals surface area contributed by atoms with E-state index in [1.165, 1.54) is 5.39 Å². The minimum atomic E-state index is -3.64. The zero-order chi connectivity index (χ0) is 23.5. The normalized spacial score (nSPS) is 11.3. The fourth-order valence-corrected chi connectivity index (χ4v) is 4.65. The van der Waals surface area contributed by atoms with Gasteiger partial charge in [0.05, 0.1) is 23.0 Å². The van der Waals surface area contributed by atoms with E-state index >= 15 is 0 Å². The number of nitrogens with zero attached hydrogens (tertiary/aromatic N) is 2. The largest absolute Gasteiger partial charge is 0.339 e. The molecule has 0 fully saturated rings. The van der Waals surface area contributed by atoms with Gasteiger partial charge in [0.15, 0.2) is 0 Å². The fourth-order valence-electron chi connectivity index (χ4n) is 3.59. The number of hydrogen-bond acceptors (Lipinski definition) is 5. The molecule has 5 rings (SSSR count). The Labute approximate surface area is 198 Å². The fraction of sp³-hybridized carbons (Fsp3) is 0.0370. The van der Waals surface area contributed by atoms with E-state index in [0.717, 1.165) is 27.9 Å². The first-order valence-corrected chi connectivity index (χ1v) is 12.2. The maximum atomic E-state index is 12.6. The van der Waals surface area contributed by atoms with Gasteiger partial charge >= 0.3 is 0 Å². The van der Waals surface area contributed by atoms with Crippen LogP contribution < -0.4 is 10.0 Å². The average Bonchev–Trinajstić information content (AvgIpc) is 2.85. The lowest BCUT2D eigenvalue weighted by molar-refractivity contribution is 0.601. The summed E-state index contributed by atoms with van der Waals surface area (Å²) in [5, 5.41) is 5.53. The van der Waals surface area contributed by atoms with E-state index in [1.807, 2.05) is 25.1 Å². The predicted molar refractivity (Wildman–Crippen MR) is 137 cm³/mol. The Kier molecular flexibility index (Phi) is 5.69. The molecule has 7 heteroatoms. The lowest BCUT2D eigenvalue weighted by Crippen LogP contribution is -2.12. The van der Waals surface area contributed by atoms with Crippen molar-refractivity contribution in [2.75, 3.05) is 10.0 Å². The number of aryl methyl sites for hydroxylation is 1. The Morgan fingerprint density at radius 3 is 2.12 bits per heavy atom. The van der Waals surface area contributed by atoms with Gasteiger partial charge in [-0.25, -0.2) is 13.4 Å². The first kappa shape index (κ1) is 21.6. The molecule has 0 saturated heterocycles. The summed E-state index contributed by atoms with van der Waals surface area (Å²) >= 11 is 0. The number of sulfonamides is 1. The molecule has 0 amide bonds. The Morgan fingerprint density at radius 1 is 0.706 bits per heavy atom. The van der Waals surface area contributed by atoms with E-state index in [1.54, 1.807) is 60.9 Å². The van der Waals surface area contributed by atoms with E-state index in [0.29, 0.717) is 11.5 Å². The van der Waals surface area contributed by atoms with Crippen LogP contribution in [0.3, 0.4) is 0 Å². The molecule has 0 aliphatic rings. The van der Waals surface area contributed by atoms with Crippen molar-refractivity contribution in [3.63, 3.8) is 0 Å². The van der Waals surface area contributed by atoms with Gasteiger partial charge in [0.25, 0.3) is 10.0 Å². The Balaban J connectivity index is 1.27. The monoisotopic (exact) mass is 466 g/mol. The van der Waals surface area contributed by atoms with Crippen molar-refractivity contribution >= 4 is 38.0 Å². The van der Waals surface area contributed by atoms with Gasteiger partial charge in [0.2, 0.25) is 0 Å². The van der Waals surface area contributed by atoms with Crippen molar-refractivity contribution < 1.29 is 8.42 Å². The number of fused-ring (bicyclic) bond motifs is 1. The molecule has 0 saturated carbocycles. The van der Waals surface area contributed by atoms with E-state index in [-0.39, 0.29) is 4.90 Å². The van der Waals surface area contributed by atoms with Gasteiger partial charge in [-0.1, -0.05) is 54.1 Å². The van der Waals surface area contributed by atoms with Gasteiger partial charge in [-0.2, -0.15) is 0 Å². The first-order chi connectivity index (χ1) is 16.5. The van der Waals surface area contributed by atoms with Crippen LogP contribution in [0.1, 0.15) is 5.56 Å². The Hall–Kier alpha value is -4.23. The van der Waals surface area contributed by atoms with Crippen LogP contribution in [-0.4, -0.2) is 18.4 Å². The molecule has 34 heavy (non-hydrogen) atoms. The highest BCUT2D eigenvalue weighted by molar-refractivity contribution is 7.92. The van der Waals surface area contributed by atoms with Crippen molar-refractivity contribution in [2.24, 2.45) is 0 Å². The second-order valence-electron chi connectivity index (χ2n) is 7.97. The maximum absolute atomic E-state index is 12.6. The molecular formula is C27H22N4O2S. The SMILES string of the molecule is Cc1ccc(S(=O)(=O)Nc2ccc(Nc3cnc(-c4ccc5ccccc5c4)cn3)cc2)cc1. The van der Waals surface area contributed by atoms with Gasteiger partial charge in [-0.15, -0.1) is 0 Å². The van der Waals surface area contributed by atoms with Crippen molar-refractivity contribution in [3.05, 3.63) is 109 Å². The summed E-state index contributed by atoms with van der Waals surface area (Å²) in [4.78, 5) is 9.24. The Morgan fingerprint density at radius 2 is 1.41 bits per heavy atom. The molecule has 0 spiro atoms. The van der Waals surface area contributed by atoms with Crippen LogP contribution in [0.15, 0.2) is 108 Å². The third-order valence-electron chi connectivity index (χ3n) is 5.44. The predicted octanol–water partition coefficient (Wildman–Crippen LogP) is 6.15. The van der Waals surface area contributed by atoms with E-state index in [4.69, 9.17) is 0 Å². The standard InChI is InChI=1S/C27H22N4O2S/c1-19-6-14-25(15-7-19)34(32,33)31-24-12-10-23(11-13-24)30-27-18-28-26(17-29-27)22-9-8-20-4-2-3-5-21(20)16-22/h2-18,31H,1H3,(H,29,30). The summed E-state index contributed by atoms with van der Waals surface area (Å²) in [5.41, 5.74) is 4.04. The lowest BCUT2D eigenvalue weighted by Gasteiger charge is -2.10. The molecule has 0 unspecified atom stereocenters. The van der Waals surface area contributed by atoms with E-state index in [9.17, 15) is 8.42 Å². The van der Waals surface area contributed by atoms with Gasteiger partial charge in [0, 0.05) is 16.9 Å². The van der Waals surface area contributed by atoms with Crippen LogP contribution >= 0.6 is 0 Å². The highest BCUT2D eigenvalue weighted by Gasteiger charge is 2.13. The zero-order valence-electron chi connectivity index (χ0n) is 18.4. The molecule has 0 atom stereocenters. The first-order valence-electron chi connectivity index (χ1n) is 10.7. The van der Waals surface area contributed by atoms with Crippen molar-refractivity contribution in [3.8, 4) is 11.3 Å². The molecule has 1 heterocycles. The summed E-state index contributed by atoms with van der Waals surface area (Å²) in [5.74, 6) is 0.595. The topological polar surface area (TPSA) is 84.0 Å². The van der Waals surface area contributed by atoms with Crippen molar-refractivity contribution in [1.29, 1.82) is 0 Å². The quantitative estimate of drug-likeness (QED) is 0.314. The van der Waals surface area contributed by atoms with Crippen molar-refractivity contribution in [2.45, 2.75) is 11.8 Å². The summed E-state index contributed by atoms with van der Waals surface area (Å²) in [7, 11) is -3.64. The summed E-state index contributed by atoms with van der Waals surface area (Å²) in [6.45, 7) is 1.91. The van der Waals surface area contributed by atoms with Gasteiger partial charge in [-0.05, 0) is 60.2 Å². The highest BCUT2D eigenvalue weighted by atomic mass is 32.2. The molecule has 0 aliphatic carbocycles. The molecule has 0 bridgehead atoms. The molecular weight excluding hydrogens is 444 g/mol. The minimum absolute atomic E-state index is 0.224. The third-order valence-corrected chi connectivity index (χ3v) is 6.84. The van der Waals surface area contributed by atoms with Crippen LogP contribution in [-0.2, 0) is 10.0 Å². The third kappa shape index (κ3) is 4.74.